The van der Waals surface area contributed by atoms with Gasteiger partial charge in [0.05, 0.1) is 6.10 Å². The Morgan fingerprint density at radius 2 is 1.60 bits per heavy atom. The van der Waals surface area contributed by atoms with E-state index in [0.717, 1.165) is 37.1 Å². The second-order valence-electron chi connectivity index (χ2n) is 6.85. The van der Waals surface area contributed by atoms with Crippen LogP contribution in [0.4, 0.5) is 5.69 Å². The molecule has 0 amide bonds. The van der Waals surface area contributed by atoms with Crippen molar-refractivity contribution in [3.63, 3.8) is 0 Å². The highest BCUT2D eigenvalue weighted by atomic mass is 16.3. The quantitative estimate of drug-likeness (QED) is 0.795. The fourth-order valence-corrected chi connectivity index (χ4v) is 3.81. The summed E-state index contributed by atoms with van der Waals surface area (Å²) in [6.45, 7) is 4.67. The first-order valence-electron chi connectivity index (χ1n) is 8.97. The zero-order chi connectivity index (χ0) is 17.2. The summed E-state index contributed by atoms with van der Waals surface area (Å²) in [5.74, 6) is 0. The molecule has 0 radical (unpaired) electrons. The lowest BCUT2D eigenvalue weighted by atomic mass is 10.1. The molecule has 0 aliphatic carbocycles. The molecule has 1 N–H and O–H groups in total. The minimum Gasteiger partial charge on any atom is -0.387 e. The van der Waals surface area contributed by atoms with Crippen LogP contribution >= 0.6 is 0 Å². The average molecular weight is 335 g/mol. The Morgan fingerprint density at radius 1 is 0.920 bits per heavy atom. The SMILES string of the molecule is Cn1cc(C(O)CN2CCN(c3ccccc3)CC2)c2ccccc21. The third kappa shape index (κ3) is 3.28. The molecule has 1 fully saturated rings. The molecule has 1 atom stereocenters. The molecule has 4 rings (SSSR count). The summed E-state index contributed by atoms with van der Waals surface area (Å²) in [4.78, 5) is 4.78. The monoisotopic (exact) mass is 335 g/mol. The summed E-state index contributed by atoms with van der Waals surface area (Å²) in [5, 5.41) is 12.0. The highest BCUT2D eigenvalue weighted by Crippen LogP contribution is 2.27. The van der Waals surface area contributed by atoms with Gasteiger partial charge in [-0.3, -0.25) is 4.90 Å². The molecule has 1 aliphatic heterocycles. The largest absolute Gasteiger partial charge is 0.387 e. The van der Waals surface area contributed by atoms with Gasteiger partial charge in [0.1, 0.15) is 0 Å². The minimum absolute atomic E-state index is 0.450. The Balaban J connectivity index is 1.41. The number of β-amino-alcohol motifs (C(OH)–C–C–N with tert-alkyl or cyclic N) is 1. The van der Waals surface area contributed by atoms with Gasteiger partial charge in [-0.05, 0) is 18.2 Å². The maximum Gasteiger partial charge on any atom is 0.0937 e. The van der Waals surface area contributed by atoms with Crippen LogP contribution < -0.4 is 4.90 Å². The molecule has 4 heteroatoms. The molecule has 4 nitrogen and oxygen atoms in total. The van der Waals surface area contributed by atoms with Gasteiger partial charge in [0.25, 0.3) is 0 Å². The Kier molecular flexibility index (Phi) is 4.47. The fourth-order valence-electron chi connectivity index (χ4n) is 3.81. The summed E-state index contributed by atoms with van der Waals surface area (Å²) in [7, 11) is 2.04. The lowest BCUT2D eigenvalue weighted by Crippen LogP contribution is -2.47. The first-order valence-corrected chi connectivity index (χ1v) is 8.97. The van der Waals surface area contributed by atoms with Crippen LogP contribution in [0, 0.1) is 0 Å². The zero-order valence-electron chi connectivity index (χ0n) is 14.7. The maximum atomic E-state index is 10.8. The molecular formula is C21H25N3O. The number of piperazine rings is 1. The predicted octanol–water partition coefficient (Wildman–Crippen LogP) is 3.03. The molecular weight excluding hydrogens is 310 g/mol. The van der Waals surface area contributed by atoms with Gasteiger partial charge in [0.2, 0.25) is 0 Å². The number of nitrogens with zero attached hydrogens (tertiary/aromatic N) is 3. The van der Waals surface area contributed by atoms with Crippen molar-refractivity contribution >= 4 is 16.6 Å². The highest BCUT2D eigenvalue weighted by Gasteiger charge is 2.22. The van der Waals surface area contributed by atoms with Crippen molar-refractivity contribution in [2.45, 2.75) is 6.10 Å². The normalized spacial score (nSPS) is 17.1. The number of benzene rings is 2. The van der Waals surface area contributed by atoms with Crippen molar-refractivity contribution in [1.29, 1.82) is 0 Å². The molecule has 0 spiro atoms. The number of fused-ring (bicyclic) bond motifs is 1. The van der Waals surface area contributed by atoms with Crippen LogP contribution in [0.2, 0.25) is 0 Å². The van der Waals surface area contributed by atoms with Gasteiger partial charge in [0.15, 0.2) is 0 Å². The van der Waals surface area contributed by atoms with Gasteiger partial charge >= 0.3 is 0 Å². The van der Waals surface area contributed by atoms with Gasteiger partial charge in [-0.2, -0.15) is 0 Å². The van der Waals surface area contributed by atoms with Crippen LogP contribution in [-0.4, -0.2) is 47.3 Å². The smallest absolute Gasteiger partial charge is 0.0937 e. The second kappa shape index (κ2) is 6.90. The Morgan fingerprint density at radius 3 is 2.36 bits per heavy atom. The van der Waals surface area contributed by atoms with E-state index in [1.807, 2.05) is 19.2 Å². The lowest BCUT2D eigenvalue weighted by Gasteiger charge is -2.36. The maximum absolute atomic E-state index is 10.8. The van der Waals surface area contributed by atoms with Gasteiger partial charge in [0, 0.05) is 68.1 Å². The number of rotatable bonds is 4. The van der Waals surface area contributed by atoms with Gasteiger partial charge in [-0.1, -0.05) is 36.4 Å². The van der Waals surface area contributed by atoms with Crippen LogP contribution in [0.5, 0.6) is 0 Å². The number of para-hydroxylation sites is 2. The number of anilines is 1. The van der Waals surface area contributed by atoms with E-state index in [2.05, 4.69) is 63.0 Å². The van der Waals surface area contributed by atoms with E-state index in [0.29, 0.717) is 6.54 Å². The molecule has 130 valence electrons. The number of hydrogen-bond donors (Lipinski definition) is 1. The van der Waals surface area contributed by atoms with Crippen LogP contribution in [0.3, 0.4) is 0 Å². The van der Waals surface area contributed by atoms with Crippen molar-refractivity contribution in [2.75, 3.05) is 37.6 Å². The molecule has 1 saturated heterocycles. The van der Waals surface area contributed by atoms with Crippen molar-refractivity contribution in [1.82, 2.24) is 9.47 Å². The fraction of sp³-hybridized carbons (Fsp3) is 0.333. The van der Waals surface area contributed by atoms with Crippen LogP contribution in [0.25, 0.3) is 10.9 Å². The van der Waals surface area contributed by atoms with E-state index in [1.54, 1.807) is 0 Å². The van der Waals surface area contributed by atoms with Crippen molar-refractivity contribution in [2.24, 2.45) is 7.05 Å². The minimum atomic E-state index is -0.450. The van der Waals surface area contributed by atoms with E-state index in [4.69, 9.17) is 0 Å². The average Bonchev–Trinajstić information content (AvgIpc) is 3.00. The molecule has 0 saturated carbocycles. The lowest BCUT2D eigenvalue weighted by molar-refractivity contribution is 0.110. The third-order valence-electron chi connectivity index (χ3n) is 5.21. The number of aromatic nitrogens is 1. The number of aliphatic hydroxyl groups is 1. The van der Waals surface area contributed by atoms with E-state index in [1.165, 1.54) is 11.2 Å². The van der Waals surface area contributed by atoms with Crippen molar-refractivity contribution < 1.29 is 5.11 Å². The van der Waals surface area contributed by atoms with E-state index < -0.39 is 6.10 Å². The first-order chi connectivity index (χ1) is 12.2. The standard InChI is InChI=1S/C21H25N3O/c1-22-15-19(18-9-5-6-10-20(18)22)21(25)16-23-11-13-24(14-12-23)17-7-3-2-4-8-17/h2-10,15,21,25H,11-14,16H2,1H3. The van der Waals surface area contributed by atoms with Crippen LogP contribution in [-0.2, 0) is 7.05 Å². The van der Waals surface area contributed by atoms with Crippen LogP contribution in [0.1, 0.15) is 11.7 Å². The molecule has 1 aliphatic rings. The number of aryl methyl sites for hydroxylation is 1. The highest BCUT2D eigenvalue weighted by molar-refractivity contribution is 5.84. The Hall–Kier alpha value is -2.30. The molecule has 2 aromatic carbocycles. The van der Waals surface area contributed by atoms with Gasteiger partial charge < -0.3 is 14.6 Å². The van der Waals surface area contributed by atoms with Crippen molar-refractivity contribution in [3.05, 3.63) is 66.4 Å². The van der Waals surface area contributed by atoms with E-state index in [9.17, 15) is 5.11 Å². The molecule has 0 bridgehead atoms. The summed E-state index contributed by atoms with van der Waals surface area (Å²) < 4.78 is 2.10. The molecule has 2 heterocycles. The van der Waals surface area contributed by atoms with Gasteiger partial charge in [-0.15, -0.1) is 0 Å². The van der Waals surface area contributed by atoms with Crippen LogP contribution in [0.15, 0.2) is 60.8 Å². The molecule has 25 heavy (non-hydrogen) atoms. The molecule has 1 aromatic heterocycles. The zero-order valence-corrected chi connectivity index (χ0v) is 14.7. The molecule has 3 aromatic rings. The topological polar surface area (TPSA) is 31.6 Å². The number of hydrogen-bond acceptors (Lipinski definition) is 3. The summed E-state index contributed by atoms with van der Waals surface area (Å²) in [6.07, 6.45) is 1.62. The van der Waals surface area contributed by atoms with Crippen molar-refractivity contribution in [3.8, 4) is 0 Å². The summed E-state index contributed by atoms with van der Waals surface area (Å²) >= 11 is 0. The predicted molar refractivity (Wildman–Crippen MR) is 103 cm³/mol. The Labute approximate surface area is 148 Å². The summed E-state index contributed by atoms with van der Waals surface area (Å²) in [5.41, 5.74) is 3.49. The third-order valence-corrected chi connectivity index (χ3v) is 5.21. The first kappa shape index (κ1) is 16.2. The van der Waals surface area contributed by atoms with Gasteiger partial charge in [-0.25, -0.2) is 0 Å². The second-order valence-corrected chi connectivity index (χ2v) is 6.85. The molecule has 1 unspecified atom stereocenters. The summed E-state index contributed by atoms with van der Waals surface area (Å²) in [6, 6.07) is 18.9. The van der Waals surface area contributed by atoms with E-state index in [-0.39, 0.29) is 0 Å². The Bertz CT molecular complexity index is 835. The van der Waals surface area contributed by atoms with E-state index >= 15 is 0 Å². The number of aliphatic hydroxyl groups excluding tert-OH is 1.